The van der Waals surface area contributed by atoms with E-state index in [9.17, 15) is 4.79 Å². The SMILES string of the molecule is CCCCCCCCCNC(=O)c1cccc2c1CCCC2. The Morgan fingerprint density at radius 2 is 1.73 bits per heavy atom. The summed E-state index contributed by atoms with van der Waals surface area (Å²) in [6, 6.07) is 6.21. The molecule has 1 aromatic rings. The number of carbonyl (C=O) groups is 1. The van der Waals surface area contributed by atoms with E-state index in [1.807, 2.05) is 12.1 Å². The number of fused-ring (bicyclic) bond motifs is 1. The highest BCUT2D eigenvalue weighted by Gasteiger charge is 2.16. The molecule has 1 aliphatic rings. The second-order valence-corrected chi connectivity index (χ2v) is 6.53. The summed E-state index contributed by atoms with van der Waals surface area (Å²) < 4.78 is 0. The van der Waals surface area contributed by atoms with Crippen LogP contribution in [-0.4, -0.2) is 12.5 Å². The molecule has 1 amide bonds. The van der Waals surface area contributed by atoms with Gasteiger partial charge in [0, 0.05) is 12.1 Å². The van der Waals surface area contributed by atoms with Gasteiger partial charge in [-0.3, -0.25) is 4.79 Å². The van der Waals surface area contributed by atoms with Crippen molar-refractivity contribution in [3.05, 3.63) is 34.9 Å². The largest absolute Gasteiger partial charge is 0.352 e. The average molecular weight is 301 g/mol. The van der Waals surface area contributed by atoms with Crippen LogP contribution in [0.4, 0.5) is 0 Å². The first kappa shape index (κ1) is 17.1. The first-order chi connectivity index (χ1) is 10.8. The minimum atomic E-state index is 0.129. The fourth-order valence-corrected chi connectivity index (χ4v) is 3.37. The second-order valence-electron chi connectivity index (χ2n) is 6.53. The number of benzene rings is 1. The lowest BCUT2D eigenvalue weighted by Crippen LogP contribution is -2.26. The maximum atomic E-state index is 12.4. The van der Waals surface area contributed by atoms with Crippen LogP contribution in [0.5, 0.6) is 0 Å². The van der Waals surface area contributed by atoms with Crippen molar-refractivity contribution >= 4 is 5.91 Å². The lowest BCUT2D eigenvalue weighted by Gasteiger charge is -2.18. The van der Waals surface area contributed by atoms with Crippen molar-refractivity contribution in [3.63, 3.8) is 0 Å². The highest BCUT2D eigenvalue weighted by molar-refractivity contribution is 5.96. The fraction of sp³-hybridized carbons (Fsp3) is 0.650. The Morgan fingerprint density at radius 1 is 1.00 bits per heavy atom. The molecule has 0 spiro atoms. The minimum Gasteiger partial charge on any atom is -0.352 e. The van der Waals surface area contributed by atoms with Gasteiger partial charge >= 0.3 is 0 Å². The summed E-state index contributed by atoms with van der Waals surface area (Å²) in [5.74, 6) is 0.129. The van der Waals surface area contributed by atoms with Gasteiger partial charge in [-0.25, -0.2) is 0 Å². The summed E-state index contributed by atoms with van der Waals surface area (Å²) in [6.07, 6.45) is 13.7. The molecule has 0 aromatic heterocycles. The molecule has 0 radical (unpaired) electrons. The molecular formula is C20H31NO. The number of hydrogen-bond donors (Lipinski definition) is 1. The molecule has 0 atom stereocenters. The van der Waals surface area contributed by atoms with E-state index in [0.717, 1.165) is 31.4 Å². The van der Waals surface area contributed by atoms with Gasteiger partial charge in [-0.1, -0.05) is 57.6 Å². The molecule has 0 heterocycles. The molecule has 0 unspecified atom stereocenters. The van der Waals surface area contributed by atoms with Crippen LogP contribution in [0.2, 0.25) is 0 Å². The molecule has 0 aliphatic heterocycles. The van der Waals surface area contributed by atoms with E-state index in [1.54, 1.807) is 0 Å². The van der Waals surface area contributed by atoms with E-state index in [1.165, 1.54) is 62.5 Å². The van der Waals surface area contributed by atoms with E-state index in [2.05, 4.69) is 18.3 Å². The highest BCUT2D eigenvalue weighted by atomic mass is 16.1. The monoisotopic (exact) mass is 301 g/mol. The van der Waals surface area contributed by atoms with Crippen LogP contribution in [0.25, 0.3) is 0 Å². The normalized spacial score (nSPS) is 13.7. The van der Waals surface area contributed by atoms with Crippen LogP contribution in [0.1, 0.15) is 86.2 Å². The van der Waals surface area contributed by atoms with Gasteiger partial charge in [0.1, 0.15) is 0 Å². The second kappa shape index (κ2) is 9.66. The van der Waals surface area contributed by atoms with Crippen molar-refractivity contribution in [2.45, 2.75) is 77.6 Å². The third-order valence-electron chi connectivity index (χ3n) is 4.71. The van der Waals surface area contributed by atoms with Crippen molar-refractivity contribution in [1.82, 2.24) is 5.32 Å². The molecule has 2 heteroatoms. The van der Waals surface area contributed by atoms with Crippen molar-refractivity contribution < 1.29 is 4.79 Å². The van der Waals surface area contributed by atoms with Crippen LogP contribution in [0.3, 0.4) is 0 Å². The van der Waals surface area contributed by atoms with Crippen LogP contribution in [0, 0.1) is 0 Å². The summed E-state index contributed by atoms with van der Waals surface area (Å²) in [4.78, 5) is 12.4. The molecule has 2 nitrogen and oxygen atoms in total. The van der Waals surface area contributed by atoms with E-state index < -0.39 is 0 Å². The summed E-state index contributed by atoms with van der Waals surface area (Å²) >= 11 is 0. The molecule has 1 N–H and O–H groups in total. The smallest absolute Gasteiger partial charge is 0.251 e. The summed E-state index contributed by atoms with van der Waals surface area (Å²) in [5.41, 5.74) is 3.60. The quantitative estimate of drug-likeness (QED) is 0.636. The maximum Gasteiger partial charge on any atom is 0.251 e. The summed E-state index contributed by atoms with van der Waals surface area (Å²) in [7, 11) is 0. The number of hydrogen-bond acceptors (Lipinski definition) is 1. The van der Waals surface area contributed by atoms with Gasteiger partial charge in [0.15, 0.2) is 0 Å². The number of unbranched alkanes of at least 4 members (excludes halogenated alkanes) is 6. The summed E-state index contributed by atoms with van der Waals surface area (Å²) in [5, 5.41) is 3.11. The lowest BCUT2D eigenvalue weighted by atomic mass is 9.88. The first-order valence-electron chi connectivity index (χ1n) is 9.22. The molecule has 1 aliphatic carbocycles. The Balaban J connectivity index is 1.70. The van der Waals surface area contributed by atoms with Gasteiger partial charge in [0.25, 0.3) is 5.91 Å². The van der Waals surface area contributed by atoms with Gasteiger partial charge in [-0.15, -0.1) is 0 Å². The van der Waals surface area contributed by atoms with Crippen molar-refractivity contribution in [3.8, 4) is 0 Å². The Hall–Kier alpha value is -1.31. The molecule has 0 fully saturated rings. The van der Waals surface area contributed by atoms with E-state index in [0.29, 0.717) is 0 Å². The van der Waals surface area contributed by atoms with Crippen LogP contribution < -0.4 is 5.32 Å². The minimum absolute atomic E-state index is 0.129. The standard InChI is InChI=1S/C20H31NO/c1-2-3-4-5-6-7-10-16-21-20(22)19-15-11-13-17-12-8-9-14-18(17)19/h11,13,15H,2-10,12,14,16H2,1H3,(H,21,22). The molecule has 22 heavy (non-hydrogen) atoms. The van der Waals surface area contributed by atoms with Crippen molar-refractivity contribution in [1.29, 1.82) is 0 Å². The number of nitrogens with one attached hydrogen (secondary N) is 1. The number of rotatable bonds is 9. The Labute approximate surface area is 135 Å². The van der Waals surface area contributed by atoms with Crippen LogP contribution in [0.15, 0.2) is 18.2 Å². The molecular weight excluding hydrogens is 270 g/mol. The first-order valence-corrected chi connectivity index (χ1v) is 9.22. The van der Waals surface area contributed by atoms with Crippen LogP contribution in [-0.2, 0) is 12.8 Å². The van der Waals surface area contributed by atoms with E-state index >= 15 is 0 Å². The number of aryl methyl sites for hydroxylation is 1. The summed E-state index contributed by atoms with van der Waals surface area (Å²) in [6.45, 7) is 3.06. The predicted octanol–water partition coefficient (Wildman–Crippen LogP) is 5.05. The Kier molecular flexibility index (Phi) is 7.48. The third kappa shape index (κ3) is 5.15. The Morgan fingerprint density at radius 3 is 2.55 bits per heavy atom. The van der Waals surface area contributed by atoms with Crippen molar-refractivity contribution in [2.75, 3.05) is 6.54 Å². The van der Waals surface area contributed by atoms with Gasteiger partial charge in [-0.2, -0.15) is 0 Å². The highest BCUT2D eigenvalue weighted by Crippen LogP contribution is 2.24. The van der Waals surface area contributed by atoms with Gasteiger partial charge in [0.05, 0.1) is 0 Å². The number of carbonyl (C=O) groups excluding carboxylic acids is 1. The van der Waals surface area contributed by atoms with Crippen LogP contribution >= 0.6 is 0 Å². The maximum absolute atomic E-state index is 12.4. The molecule has 2 rings (SSSR count). The lowest BCUT2D eigenvalue weighted by molar-refractivity contribution is 0.0951. The Bertz CT molecular complexity index is 467. The topological polar surface area (TPSA) is 29.1 Å². The number of amides is 1. The van der Waals surface area contributed by atoms with Gasteiger partial charge in [0.2, 0.25) is 0 Å². The zero-order valence-electron chi connectivity index (χ0n) is 14.1. The van der Waals surface area contributed by atoms with Gasteiger partial charge in [-0.05, 0) is 49.3 Å². The van der Waals surface area contributed by atoms with Gasteiger partial charge < -0.3 is 5.32 Å². The average Bonchev–Trinajstić information content (AvgIpc) is 2.56. The molecule has 0 saturated carbocycles. The van der Waals surface area contributed by atoms with E-state index in [4.69, 9.17) is 0 Å². The molecule has 122 valence electrons. The zero-order chi connectivity index (χ0) is 15.6. The fourth-order valence-electron chi connectivity index (χ4n) is 3.37. The van der Waals surface area contributed by atoms with E-state index in [-0.39, 0.29) is 5.91 Å². The molecule has 0 saturated heterocycles. The molecule has 1 aromatic carbocycles. The van der Waals surface area contributed by atoms with Crippen molar-refractivity contribution in [2.24, 2.45) is 0 Å². The zero-order valence-corrected chi connectivity index (χ0v) is 14.1. The molecule has 0 bridgehead atoms. The predicted molar refractivity (Wildman–Crippen MR) is 93.4 cm³/mol. The third-order valence-corrected chi connectivity index (χ3v) is 4.71.